The molecule has 0 saturated carbocycles. The smallest absolute Gasteiger partial charge is 0.357 e. The third kappa shape index (κ3) is 7.47. The number of aryl methyl sites for hydroxylation is 2. The van der Waals surface area contributed by atoms with Crippen molar-refractivity contribution < 1.29 is 51.2 Å². The summed E-state index contributed by atoms with van der Waals surface area (Å²) in [4.78, 5) is 50.9. The maximum Gasteiger partial charge on any atom is 2.00 e. The molecular formula is C41H36CuN11Y-. The van der Waals surface area contributed by atoms with Gasteiger partial charge in [-0.05, 0) is 28.0 Å². The van der Waals surface area contributed by atoms with Crippen LogP contribution in [0.3, 0.4) is 0 Å². The van der Waals surface area contributed by atoms with E-state index in [9.17, 15) is 0 Å². The van der Waals surface area contributed by atoms with Crippen LogP contribution in [0.5, 0.6) is 0 Å². The molecule has 2 aliphatic rings. The molecule has 2 radical (unpaired) electrons. The first kappa shape index (κ1) is 40.1. The maximum absolute atomic E-state index is 4.95. The van der Waals surface area contributed by atoms with Gasteiger partial charge in [-0.3, -0.25) is 0 Å². The fourth-order valence-electron chi connectivity index (χ4n) is 6.01. The normalized spacial score (nSPS) is 10.6. The third-order valence-corrected chi connectivity index (χ3v) is 8.33. The van der Waals surface area contributed by atoms with Crippen LogP contribution in [0.25, 0.3) is 89.7 Å². The van der Waals surface area contributed by atoms with Crippen molar-refractivity contribution in [2.45, 2.75) is 41.5 Å². The van der Waals surface area contributed by atoms with Gasteiger partial charge in [-0.1, -0.05) is 132 Å². The van der Waals surface area contributed by atoms with Gasteiger partial charge < -0.3 is 44.9 Å². The summed E-state index contributed by atoms with van der Waals surface area (Å²) in [6.45, 7) is 7.83. The summed E-state index contributed by atoms with van der Waals surface area (Å²) in [6.07, 6.45) is 3.36. The molecule has 13 heteroatoms. The molecule has 0 unspecified atom stereocenters. The van der Waals surface area contributed by atoms with Gasteiger partial charge in [-0.2, -0.15) is 0 Å². The van der Waals surface area contributed by atoms with Gasteiger partial charge in [0.1, 0.15) is 0 Å². The summed E-state index contributed by atoms with van der Waals surface area (Å²) in [6, 6.07) is 31.8. The van der Waals surface area contributed by atoms with E-state index in [4.69, 9.17) is 39.9 Å². The second-order valence-electron chi connectivity index (χ2n) is 11.4. The Labute approximate surface area is 349 Å². The van der Waals surface area contributed by atoms with Crippen LogP contribution in [-0.4, -0.2) is 44.9 Å². The minimum absolute atomic E-state index is 0. The first-order chi connectivity index (χ1) is 25.1. The Hall–Kier alpha value is -5.13. The summed E-state index contributed by atoms with van der Waals surface area (Å²) < 4.78 is 0. The fraction of sp³-hybridized carbons (Fsp3) is 0.146. The summed E-state index contributed by atoms with van der Waals surface area (Å²) in [5.41, 5.74) is 5.78. The van der Waals surface area contributed by atoms with Crippen LogP contribution < -0.4 is 9.97 Å². The average molecular weight is 835 g/mol. The molecule has 8 aromatic rings. The average Bonchev–Trinajstić information content (AvgIpc) is 3.92. The topological polar surface area (TPSA) is 144 Å². The molecule has 270 valence electrons. The van der Waals surface area contributed by atoms with Crippen molar-refractivity contribution in [3.05, 3.63) is 115 Å². The first-order valence-electron chi connectivity index (χ1n) is 16.8. The largest absolute Gasteiger partial charge is 2.00 e. The molecule has 0 fully saturated rings. The van der Waals surface area contributed by atoms with Crippen molar-refractivity contribution in [2.75, 3.05) is 0 Å². The van der Waals surface area contributed by atoms with Crippen molar-refractivity contribution in [1.82, 2.24) is 54.8 Å². The van der Waals surface area contributed by atoms with E-state index < -0.39 is 0 Å². The third-order valence-electron chi connectivity index (χ3n) is 8.33. The predicted molar refractivity (Wildman–Crippen MR) is 207 cm³/mol. The number of hydrogen-bond acceptors (Lipinski definition) is 9. The van der Waals surface area contributed by atoms with Crippen LogP contribution in [0, 0.1) is 13.3 Å². The van der Waals surface area contributed by atoms with Gasteiger partial charge in [0.15, 0.2) is 0 Å². The molecule has 6 heterocycles. The van der Waals surface area contributed by atoms with Crippen molar-refractivity contribution in [3.8, 4) is 45.6 Å². The van der Waals surface area contributed by atoms with Crippen LogP contribution in [-0.2, 0) is 56.2 Å². The van der Waals surface area contributed by atoms with E-state index in [2.05, 4.69) is 21.3 Å². The van der Waals surface area contributed by atoms with E-state index in [-0.39, 0.29) is 58.6 Å². The van der Waals surface area contributed by atoms with Gasteiger partial charge in [0.25, 0.3) is 0 Å². The summed E-state index contributed by atoms with van der Waals surface area (Å²) >= 11 is 0. The zero-order valence-corrected chi connectivity index (χ0v) is 33.0. The number of rotatable bonds is 1. The monoisotopic (exact) mass is 834 g/mol. The Balaban J connectivity index is 0.000000396. The number of benzene rings is 4. The minimum Gasteiger partial charge on any atom is -0.357 e. The Bertz CT molecular complexity index is 2450. The molecule has 2 aliphatic heterocycles. The molecule has 0 spiro atoms. The molecule has 11 nitrogen and oxygen atoms in total. The molecule has 0 saturated heterocycles. The number of hydrogen-bond donors (Lipinski definition) is 0. The van der Waals surface area contributed by atoms with E-state index in [0.717, 1.165) is 61.9 Å². The van der Waals surface area contributed by atoms with E-state index in [1.807, 2.05) is 125 Å². The molecule has 0 aliphatic carbocycles. The molecule has 10 rings (SSSR count). The Morgan fingerprint density at radius 2 is 0.815 bits per heavy atom. The summed E-state index contributed by atoms with van der Waals surface area (Å²) in [5, 5.41) is 3.57. The fourth-order valence-corrected chi connectivity index (χ4v) is 6.01. The molecular weight excluding hydrogens is 799 g/mol. The SMILES string of the molecule is C.CC.CCc1n[c-]nc(C)n1.[Cu+2].[HH].[Y].c1ccc2c(c1)-c1nc-2nc2[n-]c(nc3nc(nc4[n-]c(n1)c1ccccc41)-c1ccccc1-3)c1ccccc21. The number of aromatic nitrogens is 11. The van der Waals surface area contributed by atoms with Crippen molar-refractivity contribution in [3.63, 3.8) is 0 Å². The number of nitrogens with zero attached hydrogens (tertiary/aromatic N) is 11. The van der Waals surface area contributed by atoms with Crippen molar-refractivity contribution >= 4 is 44.1 Å². The number of fused-ring (bicyclic) bond motifs is 20. The zero-order chi connectivity index (χ0) is 34.9. The Morgan fingerprint density at radius 3 is 1.09 bits per heavy atom. The Kier molecular flexibility index (Phi) is 12.9. The molecule has 0 N–H and O–H groups in total. The van der Waals surface area contributed by atoms with E-state index in [1.54, 1.807) is 0 Å². The standard InChI is InChI=1S/C32H16N8.C6H8N3.C2H6.CH4.Cu.Y.H2/c1-2-10-18-17(9-1)25-33-26(18)38-28-21-13-5-6-14-22(21)30(35-28)40-32-24-16-8-7-15-23(24)31(36-32)39-29-20-12-4-3-11-19(20)27(34-29)37-25;1-3-6-8-4-7-5(2)9-6;1-2;;;;/h1-16H;3H2,1-2H3;1-2H3;1H4;;;1H/q-2;-1;;;+2;;. The van der Waals surface area contributed by atoms with Gasteiger partial charge in [-0.15, -0.1) is 0 Å². The second-order valence-corrected chi connectivity index (χ2v) is 11.4. The van der Waals surface area contributed by atoms with E-state index >= 15 is 0 Å². The van der Waals surface area contributed by atoms with Crippen LogP contribution >= 0.6 is 0 Å². The second kappa shape index (κ2) is 17.3. The van der Waals surface area contributed by atoms with Gasteiger partial charge in [-0.25, -0.2) is 9.97 Å². The molecule has 8 bridgehead atoms. The maximum atomic E-state index is 4.95. The minimum atomic E-state index is 0. The summed E-state index contributed by atoms with van der Waals surface area (Å²) in [5.74, 6) is 3.75. The van der Waals surface area contributed by atoms with Gasteiger partial charge in [0.05, 0.1) is 23.3 Å². The van der Waals surface area contributed by atoms with E-state index in [0.29, 0.717) is 45.9 Å². The van der Waals surface area contributed by atoms with Gasteiger partial charge in [0.2, 0.25) is 0 Å². The summed E-state index contributed by atoms with van der Waals surface area (Å²) in [7, 11) is 0. The zero-order valence-electron chi connectivity index (χ0n) is 29.2. The van der Waals surface area contributed by atoms with Gasteiger partial charge >= 0.3 is 17.1 Å². The quantitative estimate of drug-likeness (QED) is 0.116. The van der Waals surface area contributed by atoms with Crippen LogP contribution in [0.2, 0.25) is 0 Å². The Morgan fingerprint density at radius 1 is 0.500 bits per heavy atom. The van der Waals surface area contributed by atoms with Crippen molar-refractivity contribution in [1.29, 1.82) is 0 Å². The predicted octanol–water partition coefficient (Wildman–Crippen LogP) is 8.57. The first-order valence-corrected chi connectivity index (χ1v) is 16.8. The molecule has 4 aromatic heterocycles. The van der Waals surface area contributed by atoms with Crippen LogP contribution in [0.1, 0.15) is 41.3 Å². The molecule has 4 aromatic carbocycles. The van der Waals surface area contributed by atoms with Crippen LogP contribution in [0.4, 0.5) is 0 Å². The van der Waals surface area contributed by atoms with E-state index in [1.165, 1.54) is 0 Å². The van der Waals surface area contributed by atoms with Crippen molar-refractivity contribution in [2.24, 2.45) is 0 Å². The molecule has 0 atom stereocenters. The molecule has 0 amide bonds. The van der Waals surface area contributed by atoms with Crippen LogP contribution in [0.15, 0.2) is 97.1 Å². The van der Waals surface area contributed by atoms with Gasteiger partial charge in [0, 0.05) is 97.0 Å². The molecule has 54 heavy (non-hydrogen) atoms.